The van der Waals surface area contributed by atoms with Crippen LogP contribution in [0, 0.1) is 4.77 Å². The molecule has 0 aliphatic rings. The Hall–Kier alpha value is -3.84. The van der Waals surface area contributed by atoms with E-state index >= 15 is 0 Å². The Morgan fingerprint density at radius 3 is 2.33 bits per heavy atom. The Morgan fingerprint density at radius 2 is 1.50 bits per heavy atom. The third-order valence-electron chi connectivity index (χ3n) is 5.31. The molecule has 30 heavy (non-hydrogen) atoms. The van der Waals surface area contributed by atoms with Gasteiger partial charge in [0.25, 0.3) is 0 Å². The predicted molar refractivity (Wildman–Crippen MR) is 120 cm³/mol. The van der Waals surface area contributed by atoms with Crippen molar-refractivity contribution in [1.29, 1.82) is 0 Å². The third kappa shape index (κ3) is 2.56. The highest BCUT2D eigenvalue weighted by molar-refractivity contribution is 7.71. The summed E-state index contributed by atoms with van der Waals surface area (Å²) in [6.45, 7) is 0.513. The molecule has 0 fully saturated rings. The minimum absolute atomic E-state index is 0.513. The number of nitrogens with one attached hydrogen (secondary N) is 1. The van der Waals surface area contributed by atoms with Crippen LogP contribution < -0.4 is 0 Å². The van der Waals surface area contributed by atoms with Crippen LogP contribution in [0.25, 0.3) is 38.8 Å². The number of hydrogen-bond acceptors (Lipinski definition) is 4. The Labute approximate surface area is 176 Å². The van der Waals surface area contributed by atoms with Crippen molar-refractivity contribution in [1.82, 2.24) is 29.3 Å². The molecule has 0 saturated heterocycles. The number of H-pyrrole nitrogens is 1. The van der Waals surface area contributed by atoms with Gasteiger partial charge < -0.3 is 4.57 Å². The molecule has 3 aromatic heterocycles. The van der Waals surface area contributed by atoms with Crippen LogP contribution in [0.3, 0.4) is 0 Å². The van der Waals surface area contributed by atoms with Crippen LogP contribution in [0.1, 0.15) is 5.82 Å². The normalized spacial score (nSPS) is 11.6. The van der Waals surface area contributed by atoms with Gasteiger partial charge in [-0.1, -0.05) is 48.5 Å². The van der Waals surface area contributed by atoms with Crippen molar-refractivity contribution in [3.8, 4) is 5.69 Å². The molecule has 6 rings (SSSR count). The molecule has 6 aromatic rings. The Morgan fingerprint density at radius 1 is 0.800 bits per heavy atom. The van der Waals surface area contributed by atoms with Crippen LogP contribution >= 0.6 is 12.2 Å². The van der Waals surface area contributed by atoms with Crippen molar-refractivity contribution in [3.05, 3.63) is 89.5 Å². The molecule has 0 saturated carbocycles. The highest BCUT2D eigenvalue weighted by Gasteiger charge is 2.17. The predicted octanol–water partition coefficient (Wildman–Crippen LogP) is 5.03. The summed E-state index contributed by atoms with van der Waals surface area (Å²) in [6.07, 6.45) is 0. The molecule has 3 aromatic carbocycles. The van der Waals surface area contributed by atoms with Crippen LogP contribution in [0.5, 0.6) is 0 Å². The standard InChI is InChI=1S/C23H16N6S/c30-23-27-26-20(29(23)15-8-2-1-3-9-15)14-28-19-13-7-4-10-16(19)21-22(28)25-18-12-6-5-11-17(18)24-21/h1-13H,14H2,(H,27,30). The zero-order valence-electron chi connectivity index (χ0n) is 15.9. The lowest BCUT2D eigenvalue weighted by Crippen LogP contribution is -2.08. The smallest absolute Gasteiger partial charge is 0.199 e. The number of nitrogens with zero attached hydrogens (tertiary/aromatic N) is 5. The number of benzene rings is 3. The quantitative estimate of drug-likeness (QED) is 0.417. The van der Waals surface area contributed by atoms with E-state index in [1.807, 2.05) is 71.3 Å². The first kappa shape index (κ1) is 17.1. The van der Waals surface area contributed by atoms with Crippen molar-refractivity contribution in [2.24, 2.45) is 0 Å². The van der Waals surface area contributed by atoms with Gasteiger partial charge in [-0.05, 0) is 42.5 Å². The Bertz CT molecular complexity index is 1590. The second-order valence-electron chi connectivity index (χ2n) is 7.10. The number of hydrogen-bond donors (Lipinski definition) is 1. The van der Waals surface area contributed by atoms with E-state index in [0.717, 1.165) is 44.6 Å². The summed E-state index contributed by atoms with van der Waals surface area (Å²) in [5.74, 6) is 0.809. The zero-order valence-corrected chi connectivity index (χ0v) is 16.7. The maximum absolute atomic E-state index is 5.51. The first-order valence-corrected chi connectivity index (χ1v) is 10.1. The lowest BCUT2D eigenvalue weighted by Gasteiger charge is -2.09. The molecule has 0 radical (unpaired) electrons. The average molecular weight is 408 g/mol. The summed E-state index contributed by atoms with van der Waals surface area (Å²) in [5, 5.41) is 8.54. The lowest BCUT2D eigenvalue weighted by atomic mass is 10.2. The van der Waals surface area contributed by atoms with Gasteiger partial charge in [-0.15, -0.1) is 0 Å². The van der Waals surface area contributed by atoms with Crippen LogP contribution in [0.15, 0.2) is 78.9 Å². The minimum atomic E-state index is 0.513. The van der Waals surface area contributed by atoms with Crippen molar-refractivity contribution >= 4 is 45.3 Å². The summed E-state index contributed by atoms with van der Waals surface area (Å²) >= 11 is 5.51. The fourth-order valence-corrected chi connectivity index (χ4v) is 4.22. The van der Waals surface area contributed by atoms with E-state index in [4.69, 9.17) is 22.2 Å². The second-order valence-corrected chi connectivity index (χ2v) is 7.49. The molecule has 0 unspecified atom stereocenters. The van der Waals surface area contributed by atoms with Crippen LogP contribution in [0.4, 0.5) is 0 Å². The molecule has 0 spiro atoms. The first-order valence-electron chi connectivity index (χ1n) is 9.65. The van der Waals surface area contributed by atoms with Crippen molar-refractivity contribution < 1.29 is 0 Å². The molecular formula is C23H16N6S. The van der Waals surface area contributed by atoms with Gasteiger partial charge in [-0.3, -0.25) is 9.67 Å². The van der Waals surface area contributed by atoms with E-state index in [1.54, 1.807) is 0 Å². The van der Waals surface area contributed by atoms with Gasteiger partial charge in [0.1, 0.15) is 5.52 Å². The SMILES string of the molecule is S=c1[nH]nc(Cn2c3ccccc3c3nc4ccccc4nc32)n1-c1ccccc1. The van der Waals surface area contributed by atoms with E-state index in [-0.39, 0.29) is 0 Å². The highest BCUT2D eigenvalue weighted by Crippen LogP contribution is 2.29. The zero-order chi connectivity index (χ0) is 20.1. The van der Waals surface area contributed by atoms with Crippen LogP contribution in [-0.4, -0.2) is 29.3 Å². The van der Waals surface area contributed by atoms with Gasteiger partial charge in [-0.2, -0.15) is 5.10 Å². The Kier molecular flexibility index (Phi) is 3.75. The highest BCUT2D eigenvalue weighted by atomic mass is 32.1. The number of aromatic nitrogens is 6. The summed E-state index contributed by atoms with van der Waals surface area (Å²) in [7, 11) is 0. The van der Waals surface area contributed by atoms with Crippen LogP contribution in [-0.2, 0) is 6.54 Å². The maximum atomic E-state index is 5.51. The van der Waals surface area contributed by atoms with E-state index in [2.05, 4.69) is 26.9 Å². The summed E-state index contributed by atoms with van der Waals surface area (Å²) < 4.78 is 4.69. The molecule has 1 N–H and O–H groups in total. The number of para-hydroxylation sites is 4. The summed E-state index contributed by atoms with van der Waals surface area (Å²) in [5.41, 5.74) is 5.53. The van der Waals surface area contributed by atoms with Crippen molar-refractivity contribution in [2.45, 2.75) is 6.54 Å². The van der Waals surface area contributed by atoms with Crippen molar-refractivity contribution in [2.75, 3.05) is 0 Å². The summed E-state index contributed by atoms with van der Waals surface area (Å²) in [6, 6.07) is 26.2. The molecule has 7 heteroatoms. The lowest BCUT2D eigenvalue weighted by molar-refractivity contribution is 0.760. The van der Waals surface area contributed by atoms with E-state index in [0.29, 0.717) is 11.3 Å². The van der Waals surface area contributed by atoms with E-state index in [1.165, 1.54) is 0 Å². The first-order chi connectivity index (χ1) is 14.8. The van der Waals surface area contributed by atoms with Gasteiger partial charge in [-0.25, -0.2) is 9.97 Å². The molecule has 0 amide bonds. The van der Waals surface area contributed by atoms with E-state index in [9.17, 15) is 0 Å². The summed E-state index contributed by atoms with van der Waals surface area (Å²) in [4.78, 5) is 9.86. The fourth-order valence-electron chi connectivity index (χ4n) is 3.96. The molecular weight excluding hydrogens is 392 g/mol. The second kappa shape index (κ2) is 6.60. The van der Waals surface area contributed by atoms with Gasteiger partial charge in [0.05, 0.1) is 23.1 Å². The molecule has 0 aliphatic heterocycles. The van der Waals surface area contributed by atoms with E-state index < -0.39 is 0 Å². The molecule has 0 bridgehead atoms. The largest absolute Gasteiger partial charge is 0.316 e. The maximum Gasteiger partial charge on any atom is 0.199 e. The Balaban J connectivity index is 1.62. The molecule has 3 heterocycles. The number of fused-ring (bicyclic) bond motifs is 4. The van der Waals surface area contributed by atoms with Crippen molar-refractivity contribution in [3.63, 3.8) is 0 Å². The van der Waals surface area contributed by atoms with Gasteiger partial charge in [0, 0.05) is 11.1 Å². The van der Waals surface area contributed by atoms with Gasteiger partial charge in [0.2, 0.25) is 0 Å². The van der Waals surface area contributed by atoms with Crippen LogP contribution in [0.2, 0.25) is 0 Å². The monoisotopic (exact) mass is 408 g/mol. The molecule has 0 atom stereocenters. The number of aromatic amines is 1. The molecule has 144 valence electrons. The molecule has 6 nitrogen and oxygen atoms in total. The average Bonchev–Trinajstić information content (AvgIpc) is 3.31. The van der Waals surface area contributed by atoms with Gasteiger partial charge in [0.15, 0.2) is 16.2 Å². The molecule has 0 aliphatic carbocycles. The fraction of sp³-hybridized carbons (Fsp3) is 0.0435. The third-order valence-corrected chi connectivity index (χ3v) is 5.59. The van der Waals surface area contributed by atoms with Gasteiger partial charge >= 0.3 is 0 Å². The topological polar surface area (TPSA) is 64.3 Å². The minimum Gasteiger partial charge on any atom is -0.316 e. The number of rotatable bonds is 3.